The topological polar surface area (TPSA) is 23.5 Å². The second-order valence-corrected chi connectivity index (χ2v) is 6.85. The Kier molecular flexibility index (Phi) is 4.33. The lowest BCUT2D eigenvalue weighted by Crippen LogP contribution is -2.26. The van der Waals surface area contributed by atoms with Crippen molar-refractivity contribution in [1.29, 1.82) is 0 Å². The van der Waals surface area contributed by atoms with Gasteiger partial charge in [-0.3, -0.25) is 0 Å². The molecule has 1 aromatic rings. The van der Waals surface area contributed by atoms with Crippen LogP contribution in [0.25, 0.3) is 0 Å². The maximum atomic E-state index is 9.47. The third-order valence-electron chi connectivity index (χ3n) is 3.90. The van der Waals surface area contributed by atoms with Gasteiger partial charge in [0.15, 0.2) is 0 Å². The van der Waals surface area contributed by atoms with Gasteiger partial charge in [-0.25, -0.2) is 0 Å². The van der Waals surface area contributed by atoms with Crippen LogP contribution in [0.15, 0.2) is 22.7 Å². The van der Waals surface area contributed by atoms with E-state index < -0.39 is 0 Å². The summed E-state index contributed by atoms with van der Waals surface area (Å²) in [5.41, 5.74) is 2.66. The monoisotopic (exact) mass is 311 g/mol. The minimum Gasteiger partial charge on any atom is -0.392 e. The molecule has 3 heteroatoms. The fourth-order valence-electron chi connectivity index (χ4n) is 2.63. The minimum atomic E-state index is 0.114. The summed E-state index contributed by atoms with van der Waals surface area (Å²) in [5, 5.41) is 9.47. The largest absolute Gasteiger partial charge is 0.392 e. The van der Waals surface area contributed by atoms with Crippen LogP contribution in [0.5, 0.6) is 0 Å². The van der Waals surface area contributed by atoms with E-state index >= 15 is 0 Å². The summed E-state index contributed by atoms with van der Waals surface area (Å²) in [7, 11) is 0. The van der Waals surface area contributed by atoms with Crippen LogP contribution < -0.4 is 4.90 Å². The highest BCUT2D eigenvalue weighted by molar-refractivity contribution is 9.10. The summed E-state index contributed by atoms with van der Waals surface area (Å²) >= 11 is 3.53. The van der Waals surface area contributed by atoms with Gasteiger partial charge >= 0.3 is 0 Å². The highest BCUT2D eigenvalue weighted by Crippen LogP contribution is 2.33. The van der Waals surface area contributed by atoms with Gasteiger partial charge in [-0.15, -0.1) is 0 Å². The van der Waals surface area contributed by atoms with E-state index in [4.69, 9.17) is 0 Å². The van der Waals surface area contributed by atoms with Crippen LogP contribution in [0, 0.1) is 5.41 Å². The first-order valence-corrected chi connectivity index (χ1v) is 7.45. The van der Waals surface area contributed by atoms with Gasteiger partial charge in [0.2, 0.25) is 0 Å². The number of rotatable bonds is 2. The van der Waals surface area contributed by atoms with E-state index in [0.29, 0.717) is 5.41 Å². The second kappa shape index (κ2) is 5.62. The van der Waals surface area contributed by atoms with Crippen molar-refractivity contribution in [2.75, 3.05) is 18.0 Å². The lowest BCUT2D eigenvalue weighted by molar-refractivity contribution is 0.282. The first-order chi connectivity index (χ1) is 8.52. The van der Waals surface area contributed by atoms with Crippen molar-refractivity contribution >= 4 is 21.6 Å². The Morgan fingerprint density at radius 2 is 2.06 bits per heavy atom. The molecule has 2 rings (SSSR count). The van der Waals surface area contributed by atoms with Crippen LogP contribution >= 0.6 is 15.9 Å². The number of anilines is 1. The molecule has 0 amide bonds. The first-order valence-electron chi connectivity index (χ1n) is 6.66. The van der Waals surface area contributed by atoms with Crippen molar-refractivity contribution in [3.05, 3.63) is 28.2 Å². The van der Waals surface area contributed by atoms with E-state index in [-0.39, 0.29) is 6.61 Å². The van der Waals surface area contributed by atoms with Gasteiger partial charge < -0.3 is 10.0 Å². The van der Waals surface area contributed by atoms with Crippen LogP contribution in [0.3, 0.4) is 0 Å². The molecular formula is C15H22BrNO. The van der Waals surface area contributed by atoms with Crippen molar-refractivity contribution < 1.29 is 5.11 Å². The number of benzene rings is 1. The Morgan fingerprint density at radius 1 is 1.28 bits per heavy atom. The summed E-state index contributed by atoms with van der Waals surface area (Å²) in [6.07, 6.45) is 3.72. The van der Waals surface area contributed by atoms with Crippen molar-refractivity contribution in [2.45, 2.75) is 39.7 Å². The average Bonchev–Trinajstić information content (AvgIpc) is 2.50. The zero-order chi connectivity index (χ0) is 13.2. The van der Waals surface area contributed by atoms with E-state index in [1.807, 2.05) is 12.1 Å². The third-order valence-corrected chi connectivity index (χ3v) is 4.39. The lowest BCUT2D eigenvalue weighted by Gasteiger charge is -2.26. The van der Waals surface area contributed by atoms with Gasteiger partial charge in [0.25, 0.3) is 0 Å². The molecule has 1 fully saturated rings. The predicted molar refractivity (Wildman–Crippen MR) is 79.9 cm³/mol. The number of hydrogen-bond donors (Lipinski definition) is 1. The van der Waals surface area contributed by atoms with Crippen LogP contribution in [0.4, 0.5) is 5.69 Å². The number of hydrogen-bond acceptors (Lipinski definition) is 2. The molecule has 1 aliphatic heterocycles. The van der Waals surface area contributed by atoms with Gasteiger partial charge in [0.05, 0.1) is 6.61 Å². The normalized spacial score (nSPS) is 19.7. The zero-order valence-electron chi connectivity index (χ0n) is 11.2. The molecule has 0 radical (unpaired) electrons. The molecule has 18 heavy (non-hydrogen) atoms. The van der Waals surface area contributed by atoms with Crippen molar-refractivity contribution in [3.8, 4) is 0 Å². The Morgan fingerprint density at radius 3 is 2.78 bits per heavy atom. The molecule has 0 aromatic heterocycles. The van der Waals surface area contributed by atoms with Gasteiger partial charge in [-0.2, -0.15) is 0 Å². The smallest absolute Gasteiger partial charge is 0.0702 e. The molecule has 0 aliphatic carbocycles. The van der Waals surface area contributed by atoms with E-state index in [0.717, 1.165) is 23.1 Å². The Hall–Kier alpha value is -0.540. The highest BCUT2D eigenvalue weighted by atomic mass is 79.9. The molecular weight excluding hydrogens is 290 g/mol. The Balaban J connectivity index is 2.23. The van der Waals surface area contributed by atoms with Crippen LogP contribution in [0.1, 0.15) is 38.7 Å². The quantitative estimate of drug-likeness (QED) is 0.893. The lowest BCUT2D eigenvalue weighted by atomic mass is 9.85. The zero-order valence-corrected chi connectivity index (χ0v) is 12.8. The molecule has 0 unspecified atom stereocenters. The van der Waals surface area contributed by atoms with Crippen LogP contribution in [-0.4, -0.2) is 18.2 Å². The molecule has 0 spiro atoms. The van der Waals surface area contributed by atoms with Gasteiger partial charge in [-0.05, 0) is 36.8 Å². The highest BCUT2D eigenvalue weighted by Gasteiger charge is 2.24. The van der Waals surface area contributed by atoms with Gasteiger partial charge in [-0.1, -0.05) is 35.8 Å². The summed E-state index contributed by atoms with van der Waals surface area (Å²) in [6.45, 7) is 6.99. The summed E-state index contributed by atoms with van der Waals surface area (Å²) in [6, 6.07) is 6.14. The summed E-state index contributed by atoms with van der Waals surface area (Å²) in [4.78, 5) is 2.42. The van der Waals surface area contributed by atoms with Crippen molar-refractivity contribution in [3.63, 3.8) is 0 Å². The molecule has 1 heterocycles. The van der Waals surface area contributed by atoms with Gasteiger partial charge in [0.1, 0.15) is 0 Å². The number of aliphatic hydroxyl groups is 1. The van der Waals surface area contributed by atoms with E-state index in [1.165, 1.54) is 24.9 Å². The first kappa shape index (κ1) is 13.9. The van der Waals surface area contributed by atoms with Crippen LogP contribution in [-0.2, 0) is 6.61 Å². The SMILES string of the molecule is CC1(C)CCCN(c2cc(Br)ccc2CO)CC1. The molecule has 1 N–H and O–H groups in total. The fraction of sp³-hybridized carbons (Fsp3) is 0.600. The maximum Gasteiger partial charge on any atom is 0.0702 e. The second-order valence-electron chi connectivity index (χ2n) is 5.94. The number of aliphatic hydroxyl groups excluding tert-OH is 1. The van der Waals surface area contributed by atoms with Crippen molar-refractivity contribution in [2.24, 2.45) is 5.41 Å². The molecule has 100 valence electrons. The molecule has 0 saturated carbocycles. The minimum absolute atomic E-state index is 0.114. The van der Waals surface area contributed by atoms with Crippen LogP contribution in [0.2, 0.25) is 0 Å². The Bertz CT molecular complexity index is 417. The molecule has 1 aromatic carbocycles. The standard InChI is InChI=1S/C15H22BrNO/c1-15(2)6-3-8-17(9-7-15)14-10-13(16)5-4-12(14)11-18/h4-5,10,18H,3,6-9,11H2,1-2H3. The molecule has 0 atom stereocenters. The average molecular weight is 312 g/mol. The van der Waals surface area contributed by atoms with Gasteiger partial charge in [0, 0.05) is 28.8 Å². The third kappa shape index (κ3) is 3.27. The maximum absolute atomic E-state index is 9.47. The summed E-state index contributed by atoms with van der Waals surface area (Å²) < 4.78 is 1.08. The molecule has 1 aliphatic rings. The molecule has 2 nitrogen and oxygen atoms in total. The Labute approximate surface area is 118 Å². The van der Waals surface area contributed by atoms with E-state index in [2.05, 4.69) is 40.7 Å². The number of halogens is 1. The fourth-order valence-corrected chi connectivity index (χ4v) is 2.98. The van der Waals surface area contributed by atoms with E-state index in [1.54, 1.807) is 0 Å². The predicted octanol–water partition coefficient (Wildman–Crippen LogP) is 3.96. The molecule has 1 saturated heterocycles. The van der Waals surface area contributed by atoms with Crippen molar-refractivity contribution in [1.82, 2.24) is 0 Å². The van der Waals surface area contributed by atoms with E-state index in [9.17, 15) is 5.11 Å². The summed E-state index contributed by atoms with van der Waals surface area (Å²) in [5.74, 6) is 0. The number of nitrogens with zero attached hydrogens (tertiary/aromatic N) is 1. The molecule has 0 bridgehead atoms.